The van der Waals surface area contributed by atoms with E-state index in [1.807, 2.05) is 0 Å². The average molecular weight is 286 g/mol. The Morgan fingerprint density at radius 1 is 1.20 bits per heavy atom. The van der Waals surface area contributed by atoms with Gasteiger partial charge in [0.15, 0.2) is 5.82 Å². The molecule has 1 aromatic heterocycles. The molecule has 4 atom stereocenters. The summed E-state index contributed by atoms with van der Waals surface area (Å²) in [7, 11) is 0. The summed E-state index contributed by atoms with van der Waals surface area (Å²) in [6.07, 6.45) is -5.53. The Bertz CT molecular complexity index is 427. The zero-order chi connectivity index (χ0) is 15.1. The van der Waals surface area contributed by atoms with Crippen LogP contribution in [0.2, 0.25) is 0 Å². The predicted molar refractivity (Wildman–Crippen MR) is 70.0 cm³/mol. The van der Waals surface area contributed by atoms with E-state index in [2.05, 4.69) is 20.7 Å². The van der Waals surface area contributed by atoms with Gasteiger partial charge in [-0.15, -0.1) is 5.10 Å². The third kappa shape index (κ3) is 4.79. The highest BCUT2D eigenvalue weighted by atomic mass is 16.4. The van der Waals surface area contributed by atoms with Crippen LogP contribution in [0, 0.1) is 6.92 Å². The molecule has 6 N–H and O–H groups in total. The fourth-order valence-electron chi connectivity index (χ4n) is 1.26. The maximum Gasteiger partial charge on any atom is 0.168 e. The molecule has 0 fully saturated rings. The number of hydrogen-bond acceptors (Lipinski definition) is 9. The minimum atomic E-state index is -1.69. The maximum absolute atomic E-state index is 9.53. The number of rotatable bonds is 7. The van der Waals surface area contributed by atoms with Crippen LogP contribution in [0.4, 0.5) is 5.82 Å². The molecule has 0 bridgehead atoms. The number of anilines is 1. The monoisotopic (exact) mass is 286 g/mol. The van der Waals surface area contributed by atoms with Crippen molar-refractivity contribution in [1.82, 2.24) is 10.2 Å². The first kappa shape index (κ1) is 16.4. The molecule has 1 heterocycles. The van der Waals surface area contributed by atoms with Crippen LogP contribution in [-0.4, -0.2) is 73.0 Å². The van der Waals surface area contributed by atoms with Gasteiger partial charge < -0.3 is 25.5 Å². The van der Waals surface area contributed by atoms with E-state index >= 15 is 0 Å². The van der Waals surface area contributed by atoms with Crippen LogP contribution in [-0.2, 0) is 0 Å². The number of aromatic nitrogens is 2. The van der Waals surface area contributed by atoms with E-state index in [1.54, 1.807) is 19.1 Å². The SMILES string of the molecule is Cc1ccc(N/N=C/[C@H](O)[C@@H](O)[C@@H](O)[C@H](O)CO)nn1. The Morgan fingerprint density at radius 3 is 2.45 bits per heavy atom. The first-order chi connectivity index (χ1) is 9.45. The van der Waals surface area contributed by atoms with Crippen molar-refractivity contribution >= 4 is 12.0 Å². The predicted octanol–water partition coefficient (Wildman–Crippen LogP) is -2.38. The van der Waals surface area contributed by atoms with E-state index in [1.165, 1.54) is 0 Å². The lowest BCUT2D eigenvalue weighted by molar-refractivity contribution is -0.0999. The molecule has 20 heavy (non-hydrogen) atoms. The van der Waals surface area contributed by atoms with Crippen LogP contribution in [0.3, 0.4) is 0 Å². The van der Waals surface area contributed by atoms with Gasteiger partial charge in [-0.25, -0.2) is 0 Å². The van der Waals surface area contributed by atoms with Crippen molar-refractivity contribution in [2.75, 3.05) is 12.0 Å². The Morgan fingerprint density at radius 2 is 1.90 bits per heavy atom. The maximum atomic E-state index is 9.53. The highest BCUT2D eigenvalue weighted by molar-refractivity contribution is 5.64. The van der Waals surface area contributed by atoms with E-state index in [0.29, 0.717) is 5.82 Å². The number of hydrazone groups is 1. The Labute approximate surface area is 115 Å². The molecule has 0 radical (unpaired) electrons. The van der Waals surface area contributed by atoms with Crippen molar-refractivity contribution in [3.05, 3.63) is 17.8 Å². The number of nitrogens with zero attached hydrogens (tertiary/aromatic N) is 3. The largest absolute Gasteiger partial charge is 0.394 e. The van der Waals surface area contributed by atoms with Gasteiger partial charge in [-0.2, -0.15) is 10.2 Å². The molecule has 9 heteroatoms. The Kier molecular flexibility index (Phi) is 6.42. The van der Waals surface area contributed by atoms with Crippen LogP contribution < -0.4 is 5.43 Å². The Hall–Kier alpha value is -1.65. The van der Waals surface area contributed by atoms with Crippen molar-refractivity contribution in [2.24, 2.45) is 5.10 Å². The first-order valence-corrected chi connectivity index (χ1v) is 5.88. The second-order valence-corrected chi connectivity index (χ2v) is 4.17. The molecule has 9 nitrogen and oxygen atoms in total. The van der Waals surface area contributed by atoms with E-state index in [9.17, 15) is 15.3 Å². The third-order valence-electron chi connectivity index (χ3n) is 2.49. The fraction of sp³-hybridized carbons (Fsp3) is 0.545. The standard InChI is InChI=1S/C11H18N4O5/c1-6-2-3-9(15-13-6)14-12-4-7(17)10(19)11(20)8(18)5-16/h2-4,7-8,10-11,16-20H,5H2,1H3,(H,14,15)/b12-4+/t7-,8+,10+,11-/m0/s1. The quantitative estimate of drug-likeness (QED) is 0.240. The summed E-state index contributed by atoms with van der Waals surface area (Å²) in [5.41, 5.74) is 3.20. The summed E-state index contributed by atoms with van der Waals surface area (Å²) in [6, 6.07) is 3.32. The lowest BCUT2D eigenvalue weighted by atomic mass is 10.0. The van der Waals surface area contributed by atoms with Crippen molar-refractivity contribution < 1.29 is 25.5 Å². The van der Waals surface area contributed by atoms with E-state index in [4.69, 9.17) is 10.2 Å². The zero-order valence-electron chi connectivity index (χ0n) is 10.8. The molecule has 0 aliphatic heterocycles. The van der Waals surface area contributed by atoms with Crippen LogP contribution in [0.25, 0.3) is 0 Å². The summed E-state index contributed by atoms with van der Waals surface area (Å²) < 4.78 is 0. The lowest BCUT2D eigenvalue weighted by Gasteiger charge is -2.23. The molecule has 0 unspecified atom stereocenters. The minimum Gasteiger partial charge on any atom is -0.394 e. The number of nitrogens with one attached hydrogen (secondary N) is 1. The van der Waals surface area contributed by atoms with Crippen molar-refractivity contribution in [2.45, 2.75) is 31.3 Å². The van der Waals surface area contributed by atoms with Gasteiger partial charge in [0.25, 0.3) is 0 Å². The van der Waals surface area contributed by atoms with Crippen LogP contribution in [0.15, 0.2) is 17.2 Å². The Balaban J connectivity index is 2.50. The second-order valence-electron chi connectivity index (χ2n) is 4.17. The summed E-state index contributed by atoms with van der Waals surface area (Å²) in [4.78, 5) is 0. The van der Waals surface area contributed by atoms with Gasteiger partial charge in [0.2, 0.25) is 0 Å². The molecule has 0 aliphatic carbocycles. The highest BCUT2D eigenvalue weighted by Crippen LogP contribution is 2.04. The molecule has 112 valence electrons. The summed E-state index contributed by atoms with van der Waals surface area (Å²) in [5.74, 6) is 0.337. The molecule has 0 saturated heterocycles. The number of aliphatic hydroxyl groups excluding tert-OH is 5. The van der Waals surface area contributed by atoms with Gasteiger partial charge in [0.1, 0.15) is 24.4 Å². The molecular weight excluding hydrogens is 268 g/mol. The van der Waals surface area contributed by atoms with E-state index in [0.717, 1.165) is 11.9 Å². The van der Waals surface area contributed by atoms with Gasteiger partial charge in [-0.05, 0) is 19.1 Å². The molecule has 0 spiro atoms. The van der Waals surface area contributed by atoms with E-state index < -0.39 is 31.0 Å². The van der Waals surface area contributed by atoms with Crippen LogP contribution in [0.5, 0.6) is 0 Å². The number of aryl methyl sites for hydroxylation is 1. The highest BCUT2D eigenvalue weighted by Gasteiger charge is 2.29. The van der Waals surface area contributed by atoms with Crippen molar-refractivity contribution in [3.63, 3.8) is 0 Å². The summed E-state index contributed by atoms with van der Waals surface area (Å²) in [5, 5.41) is 57.3. The normalized spacial score (nSPS) is 17.7. The molecule has 0 amide bonds. The molecule has 1 aromatic rings. The smallest absolute Gasteiger partial charge is 0.168 e. The van der Waals surface area contributed by atoms with Crippen LogP contribution in [0.1, 0.15) is 5.69 Å². The van der Waals surface area contributed by atoms with Crippen molar-refractivity contribution in [3.8, 4) is 0 Å². The molecule has 0 aromatic carbocycles. The van der Waals surface area contributed by atoms with Gasteiger partial charge in [0.05, 0.1) is 18.5 Å². The molecule has 0 saturated carbocycles. The first-order valence-electron chi connectivity index (χ1n) is 5.88. The zero-order valence-corrected chi connectivity index (χ0v) is 10.8. The topological polar surface area (TPSA) is 151 Å². The summed E-state index contributed by atoms with van der Waals surface area (Å²) >= 11 is 0. The average Bonchev–Trinajstić information content (AvgIpc) is 2.46. The molecular formula is C11H18N4O5. The van der Waals surface area contributed by atoms with Crippen LogP contribution >= 0.6 is 0 Å². The van der Waals surface area contributed by atoms with Gasteiger partial charge >= 0.3 is 0 Å². The second kappa shape index (κ2) is 7.82. The minimum absolute atomic E-state index is 0.337. The fourth-order valence-corrected chi connectivity index (χ4v) is 1.26. The third-order valence-corrected chi connectivity index (χ3v) is 2.49. The molecule has 1 rings (SSSR count). The number of aliphatic hydroxyl groups is 5. The van der Waals surface area contributed by atoms with Gasteiger partial charge in [-0.1, -0.05) is 0 Å². The van der Waals surface area contributed by atoms with Gasteiger partial charge in [-0.3, -0.25) is 5.43 Å². The molecule has 0 aliphatic rings. The lowest BCUT2D eigenvalue weighted by Crippen LogP contribution is -2.46. The number of hydrogen-bond donors (Lipinski definition) is 6. The van der Waals surface area contributed by atoms with Gasteiger partial charge in [0, 0.05) is 0 Å². The summed E-state index contributed by atoms with van der Waals surface area (Å²) in [6.45, 7) is 1.04. The van der Waals surface area contributed by atoms with E-state index in [-0.39, 0.29) is 0 Å². The van der Waals surface area contributed by atoms with Crippen molar-refractivity contribution in [1.29, 1.82) is 0 Å².